The molecule has 0 saturated carbocycles. The number of carbonyl (C=O) groups excluding carboxylic acids is 2. The van der Waals surface area contributed by atoms with Gasteiger partial charge in [0.1, 0.15) is 6.61 Å². The summed E-state index contributed by atoms with van der Waals surface area (Å²) in [5.74, 6) is 0.106. The van der Waals surface area contributed by atoms with Gasteiger partial charge in [-0.2, -0.15) is 0 Å². The van der Waals surface area contributed by atoms with Crippen LogP contribution in [0.25, 0.3) is 0 Å². The molecule has 2 amide bonds. The third-order valence-corrected chi connectivity index (χ3v) is 4.35. The SMILES string of the molecule is CN(C)CCN(CCCc1ccccc1)C(=O)CCN1CCOC1=O. The third kappa shape index (κ3) is 6.74. The number of aryl methyl sites for hydroxylation is 1. The Morgan fingerprint density at radius 3 is 2.56 bits per heavy atom. The van der Waals surface area contributed by atoms with Crippen LogP contribution in [0.3, 0.4) is 0 Å². The molecule has 1 aliphatic heterocycles. The van der Waals surface area contributed by atoms with E-state index in [9.17, 15) is 9.59 Å². The van der Waals surface area contributed by atoms with Gasteiger partial charge in [-0.15, -0.1) is 0 Å². The van der Waals surface area contributed by atoms with Crippen LogP contribution in [-0.2, 0) is 16.0 Å². The van der Waals surface area contributed by atoms with Gasteiger partial charge in [-0.3, -0.25) is 4.79 Å². The fourth-order valence-corrected chi connectivity index (χ4v) is 2.82. The quantitative estimate of drug-likeness (QED) is 0.648. The van der Waals surface area contributed by atoms with E-state index in [1.165, 1.54) is 5.56 Å². The van der Waals surface area contributed by atoms with E-state index in [1.54, 1.807) is 4.90 Å². The highest BCUT2D eigenvalue weighted by atomic mass is 16.6. The zero-order valence-electron chi connectivity index (χ0n) is 15.3. The van der Waals surface area contributed by atoms with Gasteiger partial charge in [0, 0.05) is 32.6 Å². The lowest BCUT2D eigenvalue weighted by Gasteiger charge is -2.25. The largest absolute Gasteiger partial charge is 0.448 e. The Morgan fingerprint density at radius 1 is 1.16 bits per heavy atom. The van der Waals surface area contributed by atoms with Crippen LogP contribution in [0.15, 0.2) is 30.3 Å². The van der Waals surface area contributed by atoms with Crippen LogP contribution in [0.5, 0.6) is 0 Å². The summed E-state index contributed by atoms with van der Waals surface area (Å²) in [5, 5.41) is 0. The number of carbonyl (C=O) groups is 2. The van der Waals surface area contributed by atoms with Crippen molar-refractivity contribution in [1.29, 1.82) is 0 Å². The molecule has 0 radical (unpaired) electrons. The summed E-state index contributed by atoms with van der Waals surface area (Å²) in [7, 11) is 4.01. The van der Waals surface area contributed by atoms with Gasteiger partial charge >= 0.3 is 6.09 Å². The molecule has 0 N–H and O–H groups in total. The molecule has 0 aromatic heterocycles. The molecular formula is C19H29N3O3. The van der Waals surface area contributed by atoms with E-state index in [1.807, 2.05) is 37.2 Å². The molecule has 0 spiro atoms. The van der Waals surface area contributed by atoms with Crippen LogP contribution in [0.4, 0.5) is 4.79 Å². The molecule has 0 bridgehead atoms. The Balaban J connectivity index is 1.80. The van der Waals surface area contributed by atoms with Crippen molar-refractivity contribution >= 4 is 12.0 Å². The summed E-state index contributed by atoms with van der Waals surface area (Å²) in [4.78, 5) is 29.7. The number of likely N-dealkylation sites (N-methyl/N-ethyl adjacent to an activating group) is 1. The van der Waals surface area contributed by atoms with Crippen molar-refractivity contribution in [1.82, 2.24) is 14.7 Å². The van der Waals surface area contributed by atoms with E-state index in [4.69, 9.17) is 4.74 Å². The molecule has 25 heavy (non-hydrogen) atoms. The van der Waals surface area contributed by atoms with Crippen LogP contribution in [-0.4, -0.2) is 80.1 Å². The standard InChI is InChI=1S/C19H29N3O3/c1-20(2)13-14-21(11-6-9-17-7-4-3-5-8-17)18(23)10-12-22-15-16-25-19(22)24/h3-5,7-8H,6,9-16H2,1-2H3. The number of hydrogen-bond donors (Lipinski definition) is 0. The van der Waals surface area contributed by atoms with Crippen molar-refractivity contribution < 1.29 is 14.3 Å². The normalized spacial score (nSPS) is 14.0. The zero-order chi connectivity index (χ0) is 18.1. The number of cyclic esters (lactones) is 1. The summed E-state index contributed by atoms with van der Waals surface area (Å²) in [6, 6.07) is 10.3. The minimum atomic E-state index is -0.309. The van der Waals surface area contributed by atoms with Crippen LogP contribution < -0.4 is 0 Å². The van der Waals surface area contributed by atoms with Crippen molar-refractivity contribution in [2.45, 2.75) is 19.3 Å². The zero-order valence-corrected chi connectivity index (χ0v) is 15.3. The molecule has 2 rings (SSSR count). The maximum absolute atomic E-state index is 12.6. The average molecular weight is 347 g/mol. The predicted octanol–water partition coefficient (Wildman–Crippen LogP) is 1.85. The van der Waals surface area contributed by atoms with Crippen molar-refractivity contribution in [3.05, 3.63) is 35.9 Å². The molecule has 1 aromatic rings. The van der Waals surface area contributed by atoms with Gasteiger partial charge in [-0.1, -0.05) is 30.3 Å². The molecule has 0 unspecified atom stereocenters. The summed E-state index contributed by atoms with van der Waals surface area (Å²) in [6.07, 6.45) is 1.95. The first kappa shape index (κ1) is 19.2. The Labute approximate surface area is 150 Å². The van der Waals surface area contributed by atoms with Gasteiger partial charge in [0.25, 0.3) is 0 Å². The third-order valence-electron chi connectivity index (χ3n) is 4.35. The van der Waals surface area contributed by atoms with Crippen LogP contribution in [0.2, 0.25) is 0 Å². The van der Waals surface area contributed by atoms with Crippen LogP contribution in [0.1, 0.15) is 18.4 Å². The summed E-state index contributed by atoms with van der Waals surface area (Å²) < 4.78 is 4.91. The van der Waals surface area contributed by atoms with E-state index in [-0.39, 0.29) is 12.0 Å². The first-order valence-electron chi connectivity index (χ1n) is 8.94. The number of hydrogen-bond acceptors (Lipinski definition) is 4. The molecule has 6 nitrogen and oxygen atoms in total. The highest BCUT2D eigenvalue weighted by Gasteiger charge is 2.23. The Kier molecular flexibility index (Phi) is 7.73. The van der Waals surface area contributed by atoms with Crippen molar-refractivity contribution in [3.63, 3.8) is 0 Å². The smallest absolute Gasteiger partial charge is 0.409 e. The van der Waals surface area contributed by atoms with Crippen molar-refractivity contribution in [2.24, 2.45) is 0 Å². The minimum absolute atomic E-state index is 0.106. The van der Waals surface area contributed by atoms with Gasteiger partial charge in [0.05, 0.1) is 6.54 Å². The molecule has 138 valence electrons. The molecule has 1 saturated heterocycles. The first-order valence-corrected chi connectivity index (χ1v) is 8.94. The monoisotopic (exact) mass is 347 g/mol. The molecule has 0 aliphatic carbocycles. The maximum atomic E-state index is 12.6. The maximum Gasteiger partial charge on any atom is 0.409 e. The topological polar surface area (TPSA) is 53.1 Å². The van der Waals surface area contributed by atoms with E-state index in [0.717, 1.165) is 25.9 Å². The molecule has 6 heteroatoms. The molecular weight excluding hydrogens is 318 g/mol. The highest BCUT2D eigenvalue weighted by Crippen LogP contribution is 2.08. The summed E-state index contributed by atoms with van der Waals surface area (Å²) in [5.41, 5.74) is 1.29. The lowest BCUT2D eigenvalue weighted by molar-refractivity contribution is -0.131. The lowest BCUT2D eigenvalue weighted by Crippen LogP contribution is -2.39. The van der Waals surface area contributed by atoms with Crippen molar-refractivity contribution in [2.75, 3.05) is 53.4 Å². The Bertz CT molecular complexity index is 548. The number of benzene rings is 1. The van der Waals surface area contributed by atoms with E-state index >= 15 is 0 Å². The number of rotatable bonds is 10. The second-order valence-corrected chi connectivity index (χ2v) is 6.62. The average Bonchev–Trinajstić information content (AvgIpc) is 3.01. The second-order valence-electron chi connectivity index (χ2n) is 6.62. The van der Waals surface area contributed by atoms with Crippen LogP contribution >= 0.6 is 0 Å². The molecule has 0 atom stereocenters. The number of ether oxygens (including phenoxy) is 1. The van der Waals surface area contributed by atoms with Gasteiger partial charge in [0.15, 0.2) is 0 Å². The van der Waals surface area contributed by atoms with E-state index < -0.39 is 0 Å². The summed E-state index contributed by atoms with van der Waals surface area (Å²) in [6.45, 7) is 3.74. The van der Waals surface area contributed by atoms with Crippen LogP contribution in [0, 0.1) is 0 Å². The van der Waals surface area contributed by atoms with Crippen molar-refractivity contribution in [3.8, 4) is 0 Å². The Hall–Kier alpha value is -2.08. The summed E-state index contributed by atoms with van der Waals surface area (Å²) >= 11 is 0. The fraction of sp³-hybridized carbons (Fsp3) is 0.579. The minimum Gasteiger partial charge on any atom is -0.448 e. The molecule has 1 aromatic carbocycles. The molecule has 1 fully saturated rings. The number of nitrogens with zero attached hydrogens (tertiary/aromatic N) is 3. The van der Waals surface area contributed by atoms with Gasteiger partial charge < -0.3 is 19.4 Å². The Morgan fingerprint density at radius 2 is 1.92 bits per heavy atom. The van der Waals surface area contributed by atoms with E-state index in [0.29, 0.717) is 32.7 Å². The van der Waals surface area contributed by atoms with Gasteiger partial charge in [0.2, 0.25) is 5.91 Å². The number of amides is 2. The first-order chi connectivity index (χ1) is 12.1. The fourth-order valence-electron chi connectivity index (χ4n) is 2.82. The van der Waals surface area contributed by atoms with Gasteiger partial charge in [-0.25, -0.2) is 4.79 Å². The molecule has 1 heterocycles. The van der Waals surface area contributed by atoms with Gasteiger partial charge in [-0.05, 0) is 32.5 Å². The predicted molar refractivity (Wildman–Crippen MR) is 97.4 cm³/mol. The highest BCUT2D eigenvalue weighted by molar-refractivity contribution is 5.77. The van der Waals surface area contributed by atoms with E-state index in [2.05, 4.69) is 17.0 Å². The molecule has 1 aliphatic rings. The second kappa shape index (κ2) is 10.0. The lowest BCUT2D eigenvalue weighted by atomic mass is 10.1.